The number of hydrogen-bond donors (Lipinski definition) is 1. The second-order valence-electron chi connectivity index (χ2n) is 17.1. The molecule has 0 bridgehead atoms. The maximum Gasteiger partial charge on any atom is 0.332 e. The Morgan fingerprint density at radius 1 is 0.714 bits per heavy atom. The van der Waals surface area contributed by atoms with Crippen LogP contribution in [0.1, 0.15) is 60.2 Å². The normalized spacial score (nSPS) is 13.9. The molecular formula is C49H50Cl2N10O9. The lowest BCUT2D eigenvalue weighted by Crippen LogP contribution is -2.40. The third kappa shape index (κ3) is 10.2. The first-order chi connectivity index (χ1) is 33.9. The largest absolute Gasteiger partial charge is 0.424 e. The van der Waals surface area contributed by atoms with Gasteiger partial charge in [-0.3, -0.25) is 47.0 Å². The summed E-state index contributed by atoms with van der Waals surface area (Å²) >= 11 is 13.0. The number of benzene rings is 2. The molecule has 1 saturated heterocycles. The van der Waals surface area contributed by atoms with Crippen molar-refractivity contribution in [3.05, 3.63) is 159 Å². The fourth-order valence-electron chi connectivity index (χ4n) is 8.37. The number of rotatable bonds is 18. The molecule has 0 aliphatic carbocycles. The van der Waals surface area contributed by atoms with Crippen molar-refractivity contribution >= 4 is 45.5 Å². The van der Waals surface area contributed by atoms with Crippen LogP contribution in [0.25, 0.3) is 22.3 Å². The highest BCUT2D eigenvalue weighted by Crippen LogP contribution is 2.29. The summed E-state index contributed by atoms with van der Waals surface area (Å²) in [5.41, 5.74) is 2.20. The van der Waals surface area contributed by atoms with E-state index in [1.807, 2.05) is 31.2 Å². The van der Waals surface area contributed by atoms with Gasteiger partial charge in [0.25, 0.3) is 11.1 Å². The lowest BCUT2D eigenvalue weighted by Gasteiger charge is -2.22. The van der Waals surface area contributed by atoms with Gasteiger partial charge in [-0.15, -0.1) is 0 Å². The van der Waals surface area contributed by atoms with E-state index in [0.717, 1.165) is 46.2 Å². The second-order valence-corrected chi connectivity index (χ2v) is 17.9. The number of nitrogens with zero attached hydrogens (tertiary/aromatic N) is 10. The minimum absolute atomic E-state index is 0.0163. The third-order valence-electron chi connectivity index (χ3n) is 12.1. The first-order valence-electron chi connectivity index (χ1n) is 22.9. The Morgan fingerprint density at radius 2 is 1.31 bits per heavy atom. The van der Waals surface area contributed by atoms with E-state index in [4.69, 9.17) is 47.1 Å². The quantitative estimate of drug-likeness (QED) is 0.0967. The van der Waals surface area contributed by atoms with Crippen LogP contribution in [-0.4, -0.2) is 78.6 Å². The highest BCUT2D eigenvalue weighted by atomic mass is 35.5. The molecule has 0 amide bonds. The molecular weight excluding hydrogens is 944 g/mol. The number of aliphatic hydroxyl groups excluding tert-OH is 1. The van der Waals surface area contributed by atoms with E-state index in [9.17, 15) is 24.3 Å². The molecule has 1 aliphatic heterocycles. The third-order valence-corrected chi connectivity index (χ3v) is 12.7. The van der Waals surface area contributed by atoms with Gasteiger partial charge in [0.1, 0.15) is 11.5 Å². The summed E-state index contributed by atoms with van der Waals surface area (Å²) in [5, 5.41) is 10.5. The molecule has 1 fully saturated rings. The fraction of sp³-hybridized carbons (Fsp3) is 0.347. The zero-order valence-corrected chi connectivity index (χ0v) is 40.2. The molecule has 0 spiro atoms. The van der Waals surface area contributed by atoms with Gasteiger partial charge in [-0.25, -0.2) is 9.59 Å². The first-order valence-corrected chi connectivity index (χ1v) is 23.6. The van der Waals surface area contributed by atoms with Crippen molar-refractivity contribution in [3.8, 4) is 23.5 Å². The number of aryl methyl sites for hydroxylation is 3. The monoisotopic (exact) mass is 992 g/mol. The molecule has 2 aromatic carbocycles. The average Bonchev–Trinajstić information content (AvgIpc) is 3.90. The highest BCUT2D eigenvalue weighted by molar-refractivity contribution is 6.31. The summed E-state index contributed by atoms with van der Waals surface area (Å²) in [4.78, 5) is 73.4. The van der Waals surface area contributed by atoms with E-state index in [1.165, 1.54) is 20.7 Å². The number of fused-ring (bicyclic) bond motifs is 2. The predicted octanol–water partition coefficient (Wildman–Crippen LogP) is 6.10. The molecule has 19 nitrogen and oxygen atoms in total. The number of pyridine rings is 2. The van der Waals surface area contributed by atoms with Gasteiger partial charge >= 0.3 is 23.4 Å². The minimum atomic E-state index is -0.569. The highest BCUT2D eigenvalue weighted by Gasteiger charge is 2.25. The average molecular weight is 994 g/mol. The number of aromatic nitrogens is 10. The Balaban J connectivity index is 0.988. The van der Waals surface area contributed by atoms with E-state index in [2.05, 4.69) is 15.0 Å². The fourth-order valence-corrected chi connectivity index (χ4v) is 8.68. The Labute approximate surface area is 409 Å². The van der Waals surface area contributed by atoms with Gasteiger partial charge in [0.05, 0.1) is 32.1 Å². The van der Waals surface area contributed by atoms with Crippen molar-refractivity contribution in [1.82, 2.24) is 47.3 Å². The van der Waals surface area contributed by atoms with Crippen molar-refractivity contribution in [2.24, 2.45) is 14.1 Å². The Kier molecular flexibility index (Phi) is 14.4. The van der Waals surface area contributed by atoms with Crippen LogP contribution in [0.15, 0.2) is 98.3 Å². The van der Waals surface area contributed by atoms with Gasteiger partial charge in [0.15, 0.2) is 28.6 Å². The van der Waals surface area contributed by atoms with Crippen molar-refractivity contribution in [1.29, 1.82) is 0 Å². The van der Waals surface area contributed by atoms with E-state index >= 15 is 0 Å². The molecule has 0 saturated carbocycles. The summed E-state index contributed by atoms with van der Waals surface area (Å²) in [6.07, 6.45) is 6.59. The van der Waals surface area contributed by atoms with Crippen LogP contribution in [0.2, 0.25) is 10.0 Å². The van der Waals surface area contributed by atoms with Gasteiger partial charge in [-0.05, 0) is 98.2 Å². The second kappa shape index (κ2) is 21.0. The van der Waals surface area contributed by atoms with Crippen LogP contribution in [0.5, 0.6) is 23.5 Å². The standard InChI is InChI=1S/C49H50Cl2N10O9/c1-30-9-16-36(26-52-30)69-47-55-43-41(44(63)58(19-6-21-62)48(65)56(43)2)61(47)29-32-12-18-38(51)33(24-32)25-35-15-17-37(27-53-35)70-46-54-42-40(60(46)28-31-10-13-34(50)14-11-31)45(64)59(49(66)57(42)3)20-7-23-68-39-8-4-5-22-67-39/h9-18,24,26-27,39,62H,4-8,19-23,25,28-29H2,1-3H3. The van der Waals surface area contributed by atoms with Crippen molar-refractivity contribution < 1.29 is 24.1 Å². The maximum atomic E-state index is 14.2. The molecule has 6 aromatic heterocycles. The zero-order valence-electron chi connectivity index (χ0n) is 38.7. The van der Waals surface area contributed by atoms with Crippen LogP contribution in [0.4, 0.5) is 0 Å². The van der Waals surface area contributed by atoms with Crippen LogP contribution in [-0.2, 0) is 56.2 Å². The Bertz CT molecular complexity index is 3430. The van der Waals surface area contributed by atoms with Gasteiger partial charge in [-0.1, -0.05) is 47.5 Å². The zero-order chi connectivity index (χ0) is 49.1. The Morgan fingerprint density at radius 3 is 1.89 bits per heavy atom. The number of aliphatic hydroxyl groups is 1. The molecule has 1 unspecified atom stereocenters. The molecule has 1 N–H and O–H groups in total. The Hall–Kier alpha value is -6.90. The van der Waals surface area contributed by atoms with Crippen LogP contribution < -0.4 is 32.0 Å². The predicted molar refractivity (Wildman–Crippen MR) is 262 cm³/mol. The molecule has 21 heteroatoms. The molecule has 9 rings (SSSR count). The van der Waals surface area contributed by atoms with E-state index in [-0.39, 0.29) is 79.8 Å². The molecule has 0 radical (unpaired) electrons. The first kappa shape index (κ1) is 48.1. The SMILES string of the molecule is Cc1ccc(Oc2nc3c(c(=O)n(CCCO)c(=O)n3C)n2Cc2ccc(Cl)c(Cc3ccc(Oc4nc5c(c(=O)n(CCCOC6CCCCO6)c(=O)n5C)n4Cc4ccc(Cl)cc4)cn3)c2)cn1. The summed E-state index contributed by atoms with van der Waals surface area (Å²) < 4.78 is 32.3. The van der Waals surface area contributed by atoms with Crippen LogP contribution >= 0.6 is 23.2 Å². The molecule has 1 atom stereocenters. The summed E-state index contributed by atoms with van der Waals surface area (Å²) in [6, 6.07) is 19.9. The summed E-state index contributed by atoms with van der Waals surface area (Å²) in [6.45, 7) is 3.07. The number of hydrogen-bond acceptors (Lipinski definition) is 13. The lowest BCUT2D eigenvalue weighted by molar-refractivity contribution is -0.163. The van der Waals surface area contributed by atoms with Gasteiger partial charge < -0.3 is 24.1 Å². The molecule has 364 valence electrons. The summed E-state index contributed by atoms with van der Waals surface area (Å²) in [5.74, 6) is 0.708. The minimum Gasteiger partial charge on any atom is -0.424 e. The topological polar surface area (TPSA) is 207 Å². The molecule has 70 heavy (non-hydrogen) atoms. The van der Waals surface area contributed by atoms with E-state index in [1.54, 1.807) is 71.0 Å². The molecule has 8 aromatic rings. The van der Waals surface area contributed by atoms with Crippen molar-refractivity contribution in [3.63, 3.8) is 0 Å². The van der Waals surface area contributed by atoms with Crippen LogP contribution in [0.3, 0.4) is 0 Å². The van der Waals surface area contributed by atoms with E-state index < -0.39 is 22.5 Å². The van der Waals surface area contributed by atoms with E-state index in [0.29, 0.717) is 53.3 Å². The smallest absolute Gasteiger partial charge is 0.332 e. The maximum absolute atomic E-state index is 14.2. The summed E-state index contributed by atoms with van der Waals surface area (Å²) in [7, 11) is 3.10. The number of ether oxygens (including phenoxy) is 4. The molecule has 1 aliphatic rings. The van der Waals surface area contributed by atoms with Gasteiger partial charge in [0.2, 0.25) is 0 Å². The van der Waals surface area contributed by atoms with Gasteiger partial charge in [0, 0.05) is 68.3 Å². The lowest BCUT2D eigenvalue weighted by atomic mass is 10.1. The molecule has 7 heterocycles. The van der Waals surface area contributed by atoms with Crippen LogP contribution in [0, 0.1) is 6.92 Å². The van der Waals surface area contributed by atoms with Crippen molar-refractivity contribution in [2.75, 3.05) is 19.8 Å². The number of imidazole rings is 2. The van der Waals surface area contributed by atoms with Gasteiger partial charge in [-0.2, -0.15) is 9.97 Å². The van der Waals surface area contributed by atoms with Crippen molar-refractivity contribution in [2.45, 2.75) is 77.9 Å². The number of halogens is 2.